The second kappa shape index (κ2) is 9.34. The molecule has 0 unspecified atom stereocenters. The number of aryl methyl sites for hydroxylation is 1. The Bertz CT molecular complexity index is 1200. The standard InChI is InChI=1S/C25H28N2O5/c1-4-9-27-21-11-18(6-7-19(21)20(16(2)3)12-25(27)29)30-14-24(28)26-13-17-5-8-22-23(10-17)32-15-31-22/h5-8,10-12,16H,4,9,13-15H2,1-3H3,(H,26,28). The molecule has 7 nitrogen and oxygen atoms in total. The van der Waals surface area contributed by atoms with E-state index in [1.807, 2.05) is 43.3 Å². The van der Waals surface area contributed by atoms with E-state index in [1.54, 1.807) is 10.6 Å². The average molecular weight is 437 g/mol. The van der Waals surface area contributed by atoms with Crippen molar-refractivity contribution in [2.24, 2.45) is 0 Å². The van der Waals surface area contributed by atoms with Crippen molar-refractivity contribution < 1.29 is 19.0 Å². The maximum atomic E-state index is 12.7. The first-order valence-electron chi connectivity index (χ1n) is 10.9. The Balaban J connectivity index is 1.45. The molecule has 32 heavy (non-hydrogen) atoms. The molecule has 2 heterocycles. The molecule has 1 aromatic heterocycles. The number of aromatic nitrogens is 1. The van der Waals surface area contributed by atoms with E-state index in [4.69, 9.17) is 14.2 Å². The molecule has 1 aliphatic rings. The molecular formula is C25H28N2O5. The first-order chi connectivity index (χ1) is 15.5. The van der Waals surface area contributed by atoms with Crippen LogP contribution in [0.25, 0.3) is 10.9 Å². The highest BCUT2D eigenvalue weighted by molar-refractivity contribution is 5.84. The topological polar surface area (TPSA) is 78.8 Å². The number of rotatable bonds is 8. The Labute approximate surface area is 186 Å². The van der Waals surface area contributed by atoms with Crippen LogP contribution >= 0.6 is 0 Å². The lowest BCUT2D eigenvalue weighted by atomic mass is 9.98. The van der Waals surface area contributed by atoms with Crippen LogP contribution in [-0.4, -0.2) is 23.9 Å². The number of hydrogen-bond donors (Lipinski definition) is 1. The van der Waals surface area contributed by atoms with Gasteiger partial charge in [0.1, 0.15) is 5.75 Å². The summed E-state index contributed by atoms with van der Waals surface area (Å²) in [6, 6.07) is 13.0. The summed E-state index contributed by atoms with van der Waals surface area (Å²) in [5.41, 5.74) is 2.76. The zero-order chi connectivity index (χ0) is 22.7. The Hall–Kier alpha value is -3.48. The van der Waals surface area contributed by atoms with Crippen molar-refractivity contribution in [3.05, 3.63) is 63.9 Å². The van der Waals surface area contributed by atoms with Crippen LogP contribution in [0.5, 0.6) is 17.2 Å². The molecule has 0 radical (unpaired) electrons. The Morgan fingerprint density at radius 3 is 2.72 bits per heavy atom. The molecular weight excluding hydrogens is 408 g/mol. The van der Waals surface area contributed by atoms with Gasteiger partial charge in [-0.2, -0.15) is 0 Å². The Morgan fingerprint density at radius 1 is 1.12 bits per heavy atom. The molecule has 1 aliphatic heterocycles. The van der Waals surface area contributed by atoms with Crippen molar-refractivity contribution in [1.29, 1.82) is 0 Å². The van der Waals surface area contributed by atoms with Crippen LogP contribution in [0, 0.1) is 0 Å². The first kappa shape index (κ1) is 21.7. The second-order valence-corrected chi connectivity index (χ2v) is 8.18. The lowest BCUT2D eigenvalue weighted by Gasteiger charge is -2.16. The van der Waals surface area contributed by atoms with Crippen molar-refractivity contribution >= 4 is 16.8 Å². The average Bonchev–Trinajstić information content (AvgIpc) is 3.25. The highest BCUT2D eigenvalue weighted by atomic mass is 16.7. The molecule has 2 aromatic carbocycles. The number of fused-ring (bicyclic) bond motifs is 2. The molecule has 0 bridgehead atoms. The van der Waals surface area contributed by atoms with Crippen LogP contribution in [0.2, 0.25) is 0 Å². The molecule has 7 heteroatoms. The van der Waals surface area contributed by atoms with Crippen LogP contribution in [0.3, 0.4) is 0 Å². The van der Waals surface area contributed by atoms with Gasteiger partial charge in [0.2, 0.25) is 6.79 Å². The maximum Gasteiger partial charge on any atom is 0.258 e. The lowest BCUT2D eigenvalue weighted by molar-refractivity contribution is -0.123. The van der Waals surface area contributed by atoms with E-state index >= 15 is 0 Å². The monoisotopic (exact) mass is 436 g/mol. The van der Waals surface area contributed by atoms with E-state index in [0.717, 1.165) is 28.5 Å². The van der Waals surface area contributed by atoms with Gasteiger partial charge in [-0.15, -0.1) is 0 Å². The SMILES string of the molecule is CCCn1c(=O)cc(C(C)C)c2ccc(OCC(=O)NCc3ccc4c(c3)OCO4)cc21. The van der Waals surface area contributed by atoms with Gasteiger partial charge < -0.3 is 24.1 Å². The maximum absolute atomic E-state index is 12.7. The summed E-state index contributed by atoms with van der Waals surface area (Å²) in [5, 5.41) is 3.88. The fraction of sp³-hybridized carbons (Fsp3) is 0.360. The van der Waals surface area contributed by atoms with Gasteiger partial charge in [-0.25, -0.2) is 0 Å². The summed E-state index contributed by atoms with van der Waals surface area (Å²) in [6.07, 6.45) is 0.851. The minimum absolute atomic E-state index is 0.0123. The number of carbonyl (C=O) groups is 1. The summed E-state index contributed by atoms with van der Waals surface area (Å²) in [4.78, 5) is 25.0. The smallest absolute Gasteiger partial charge is 0.258 e. The normalized spacial score (nSPS) is 12.4. The Morgan fingerprint density at radius 2 is 1.94 bits per heavy atom. The third-order valence-corrected chi connectivity index (χ3v) is 5.48. The summed E-state index contributed by atoms with van der Waals surface area (Å²) in [7, 11) is 0. The third-order valence-electron chi connectivity index (χ3n) is 5.48. The highest BCUT2D eigenvalue weighted by Crippen LogP contribution is 2.32. The number of carbonyl (C=O) groups excluding carboxylic acids is 1. The fourth-order valence-electron chi connectivity index (χ4n) is 3.86. The number of hydrogen-bond acceptors (Lipinski definition) is 5. The number of pyridine rings is 1. The van der Waals surface area contributed by atoms with Crippen LogP contribution in [0.1, 0.15) is 44.2 Å². The lowest BCUT2D eigenvalue weighted by Crippen LogP contribution is -2.28. The van der Waals surface area contributed by atoms with Gasteiger partial charge in [-0.1, -0.05) is 26.8 Å². The summed E-state index contributed by atoms with van der Waals surface area (Å²) in [6.45, 7) is 7.30. The number of benzene rings is 2. The van der Waals surface area contributed by atoms with Crippen LogP contribution in [0.15, 0.2) is 47.3 Å². The van der Waals surface area contributed by atoms with Crippen molar-refractivity contribution in [2.75, 3.05) is 13.4 Å². The number of nitrogens with zero attached hydrogens (tertiary/aromatic N) is 1. The summed E-state index contributed by atoms with van der Waals surface area (Å²) < 4.78 is 18.2. The molecule has 4 rings (SSSR count). The van der Waals surface area contributed by atoms with Gasteiger partial charge in [0.25, 0.3) is 11.5 Å². The van der Waals surface area contributed by atoms with Gasteiger partial charge >= 0.3 is 0 Å². The van der Waals surface area contributed by atoms with Gasteiger partial charge in [-0.3, -0.25) is 9.59 Å². The zero-order valence-corrected chi connectivity index (χ0v) is 18.6. The molecule has 0 fully saturated rings. The zero-order valence-electron chi connectivity index (χ0n) is 18.6. The van der Waals surface area contributed by atoms with E-state index in [2.05, 4.69) is 19.2 Å². The number of ether oxygens (including phenoxy) is 3. The third kappa shape index (κ3) is 4.56. The van der Waals surface area contributed by atoms with E-state index in [-0.39, 0.29) is 30.8 Å². The van der Waals surface area contributed by atoms with Gasteiger partial charge in [0.15, 0.2) is 18.1 Å². The van der Waals surface area contributed by atoms with Crippen LogP contribution in [-0.2, 0) is 17.9 Å². The molecule has 0 atom stereocenters. The van der Waals surface area contributed by atoms with E-state index in [9.17, 15) is 9.59 Å². The largest absolute Gasteiger partial charge is 0.484 e. The molecule has 1 amide bonds. The predicted molar refractivity (Wildman–Crippen MR) is 122 cm³/mol. The molecule has 0 saturated heterocycles. The molecule has 168 valence electrons. The molecule has 3 aromatic rings. The van der Waals surface area contributed by atoms with E-state index < -0.39 is 0 Å². The fourth-order valence-corrected chi connectivity index (χ4v) is 3.86. The predicted octanol–water partition coefficient (Wildman–Crippen LogP) is 3.96. The highest BCUT2D eigenvalue weighted by Gasteiger charge is 2.15. The quantitative estimate of drug-likeness (QED) is 0.578. The van der Waals surface area contributed by atoms with E-state index in [0.29, 0.717) is 30.3 Å². The summed E-state index contributed by atoms with van der Waals surface area (Å²) >= 11 is 0. The van der Waals surface area contributed by atoms with Gasteiger partial charge in [0, 0.05) is 30.6 Å². The van der Waals surface area contributed by atoms with Crippen molar-refractivity contribution in [1.82, 2.24) is 9.88 Å². The van der Waals surface area contributed by atoms with Crippen molar-refractivity contribution in [3.8, 4) is 17.2 Å². The van der Waals surface area contributed by atoms with Crippen LogP contribution < -0.4 is 25.1 Å². The van der Waals surface area contributed by atoms with Gasteiger partial charge in [-0.05, 0) is 47.7 Å². The second-order valence-electron chi connectivity index (χ2n) is 8.18. The van der Waals surface area contributed by atoms with Crippen molar-refractivity contribution in [3.63, 3.8) is 0 Å². The minimum atomic E-state index is -0.232. The molecule has 0 saturated carbocycles. The molecule has 0 aliphatic carbocycles. The molecule has 1 N–H and O–H groups in total. The van der Waals surface area contributed by atoms with Crippen molar-refractivity contribution in [2.45, 2.75) is 46.2 Å². The minimum Gasteiger partial charge on any atom is -0.484 e. The number of amides is 1. The first-order valence-corrected chi connectivity index (χ1v) is 10.9. The molecule has 0 spiro atoms. The summed E-state index contributed by atoms with van der Waals surface area (Å²) in [5.74, 6) is 1.95. The number of nitrogens with one attached hydrogen (secondary N) is 1. The van der Waals surface area contributed by atoms with Crippen LogP contribution in [0.4, 0.5) is 0 Å². The Kier molecular flexibility index (Phi) is 6.35. The van der Waals surface area contributed by atoms with Gasteiger partial charge in [0.05, 0.1) is 5.52 Å². The van der Waals surface area contributed by atoms with E-state index in [1.165, 1.54) is 0 Å².